The van der Waals surface area contributed by atoms with Gasteiger partial charge in [0.2, 0.25) is 5.91 Å². The van der Waals surface area contributed by atoms with E-state index >= 15 is 0 Å². The van der Waals surface area contributed by atoms with Crippen LogP contribution >= 0.6 is 0 Å². The Bertz CT molecular complexity index is 878. The predicted molar refractivity (Wildman–Crippen MR) is 105 cm³/mol. The molecule has 1 amide bonds. The summed E-state index contributed by atoms with van der Waals surface area (Å²) in [6.07, 6.45) is 15.8. The normalized spacial score (nSPS) is 22.9. The van der Waals surface area contributed by atoms with Gasteiger partial charge in [-0.05, 0) is 44.9 Å². The first-order valence-corrected chi connectivity index (χ1v) is 10.3. The number of rotatable bonds is 2. The quantitative estimate of drug-likeness (QED) is 0.768. The van der Waals surface area contributed by atoms with Crippen molar-refractivity contribution in [1.29, 1.82) is 0 Å². The van der Waals surface area contributed by atoms with E-state index in [-0.39, 0.29) is 5.92 Å². The van der Waals surface area contributed by atoms with E-state index in [1.807, 2.05) is 16.9 Å². The summed E-state index contributed by atoms with van der Waals surface area (Å²) in [5.41, 5.74) is 3.82. The molecule has 1 atom stereocenters. The molecule has 0 bridgehead atoms. The second-order valence-electron chi connectivity index (χ2n) is 7.97. The number of fused-ring (bicyclic) bond motifs is 3. The number of hydrogen-bond donors (Lipinski definition) is 0. The molecule has 27 heavy (non-hydrogen) atoms. The molecule has 3 aliphatic rings. The zero-order valence-electron chi connectivity index (χ0n) is 15.8. The molecule has 2 aromatic heterocycles. The van der Waals surface area contributed by atoms with Crippen LogP contribution in [0.15, 0.2) is 24.5 Å². The number of aryl methyl sites for hydroxylation is 2. The Labute approximate surface area is 159 Å². The summed E-state index contributed by atoms with van der Waals surface area (Å²) in [7, 11) is 0. The van der Waals surface area contributed by atoms with Gasteiger partial charge in [-0.3, -0.25) is 4.79 Å². The summed E-state index contributed by atoms with van der Waals surface area (Å²) < 4.78 is 2.02. The van der Waals surface area contributed by atoms with Crippen LogP contribution in [0.4, 0.5) is 5.82 Å². The molecule has 0 saturated carbocycles. The van der Waals surface area contributed by atoms with Crippen molar-refractivity contribution >= 4 is 17.2 Å². The third kappa shape index (κ3) is 3.01. The van der Waals surface area contributed by atoms with Crippen LogP contribution in [0.1, 0.15) is 43.4 Å². The maximum Gasteiger partial charge on any atom is 0.226 e. The number of aromatic nitrogens is 3. The number of carbonyl (C=O) groups excluding carboxylic acids is 1. The zero-order valence-corrected chi connectivity index (χ0v) is 15.8. The highest BCUT2D eigenvalue weighted by molar-refractivity contribution is 5.80. The number of nitrogens with zero attached hydrogens (tertiary/aromatic N) is 5. The second kappa shape index (κ2) is 6.98. The Balaban J connectivity index is 1.34. The molecule has 1 fully saturated rings. The fourth-order valence-electron chi connectivity index (χ4n) is 4.79. The number of hydrogen-bond acceptors (Lipinski definition) is 4. The Hall–Kier alpha value is -2.37. The maximum absolute atomic E-state index is 12.8. The number of amides is 1. The zero-order chi connectivity index (χ0) is 18.2. The van der Waals surface area contributed by atoms with E-state index < -0.39 is 0 Å². The minimum Gasteiger partial charge on any atom is -0.351 e. The molecule has 0 unspecified atom stereocenters. The molecule has 5 rings (SSSR count). The SMILES string of the molecule is O=C([C@@H]1CC=CCC1)N1CCN(c2nccn3nc4c(c23)CCCC4)CC1. The summed E-state index contributed by atoms with van der Waals surface area (Å²) in [4.78, 5) is 21.9. The Morgan fingerprint density at radius 2 is 1.93 bits per heavy atom. The highest BCUT2D eigenvalue weighted by Crippen LogP contribution is 2.31. The molecule has 6 nitrogen and oxygen atoms in total. The van der Waals surface area contributed by atoms with Crippen LogP contribution in [-0.2, 0) is 17.6 Å². The lowest BCUT2D eigenvalue weighted by Gasteiger charge is -2.37. The molecule has 0 spiro atoms. The highest BCUT2D eigenvalue weighted by atomic mass is 16.2. The highest BCUT2D eigenvalue weighted by Gasteiger charge is 2.29. The van der Waals surface area contributed by atoms with Crippen molar-refractivity contribution in [2.24, 2.45) is 5.92 Å². The second-order valence-corrected chi connectivity index (χ2v) is 7.97. The summed E-state index contributed by atoms with van der Waals surface area (Å²) in [6, 6.07) is 0. The fourth-order valence-corrected chi connectivity index (χ4v) is 4.79. The molecule has 3 heterocycles. The van der Waals surface area contributed by atoms with E-state index in [9.17, 15) is 4.79 Å². The van der Waals surface area contributed by atoms with Crippen molar-refractivity contribution in [3.05, 3.63) is 35.8 Å². The summed E-state index contributed by atoms with van der Waals surface area (Å²) in [5.74, 6) is 1.57. The van der Waals surface area contributed by atoms with Gasteiger partial charge in [-0.15, -0.1) is 0 Å². The topological polar surface area (TPSA) is 53.7 Å². The molecule has 142 valence electrons. The summed E-state index contributed by atoms with van der Waals surface area (Å²) in [6.45, 7) is 3.28. The average Bonchev–Trinajstić information content (AvgIpc) is 3.13. The van der Waals surface area contributed by atoms with Crippen LogP contribution in [0.5, 0.6) is 0 Å². The van der Waals surface area contributed by atoms with Gasteiger partial charge in [0.25, 0.3) is 0 Å². The van der Waals surface area contributed by atoms with Gasteiger partial charge in [-0.25, -0.2) is 9.50 Å². The Morgan fingerprint density at radius 1 is 1.07 bits per heavy atom. The Morgan fingerprint density at radius 3 is 2.74 bits per heavy atom. The van der Waals surface area contributed by atoms with Gasteiger partial charge in [0.1, 0.15) is 5.52 Å². The van der Waals surface area contributed by atoms with E-state index in [2.05, 4.69) is 22.0 Å². The molecular weight excluding hydrogens is 338 g/mol. The van der Waals surface area contributed by atoms with Gasteiger partial charge in [-0.2, -0.15) is 5.10 Å². The molecule has 1 aliphatic heterocycles. The first kappa shape index (κ1) is 16.8. The van der Waals surface area contributed by atoms with Gasteiger partial charge >= 0.3 is 0 Å². The predicted octanol–water partition coefficient (Wildman–Crippen LogP) is 2.61. The minimum absolute atomic E-state index is 0.185. The van der Waals surface area contributed by atoms with Crippen LogP contribution in [-0.4, -0.2) is 51.6 Å². The smallest absolute Gasteiger partial charge is 0.226 e. The lowest BCUT2D eigenvalue weighted by atomic mass is 9.93. The van der Waals surface area contributed by atoms with Gasteiger partial charge < -0.3 is 9.80 Å². The van der Waals surface area contributed by atoms with Crippen LogP contribution in [0, 0.1) is 5.92 Å². The number of anilines is 1. The van der Waals surface area contributed by atoms with E-state index in [4.69, 9.17) is 10.1 Å². The molecule has 1 saturated heterocycles. The minimum atomic E-state index is 0.185. The summed E-state index contributed by atoms with van der Waals surface area (Å²) >= 11 is 0. The van der Waals surface area contributed by atoms with E-state index in [0.717, 1.165) is 64.1 Å². The first-order valence-electron chi connectivity index (χ1n) is 10.3. The monoisotopic (exact) mass is 365 g/mol. The van der Waals surface area contributed by atoms with Crippen molar-refractivity contribution < 1.29 is 4.79 Å². The number of allylic oxidation sites excluding steroid dienone is 2. The largest absolute Gasteiger partial charge is 0.351 e. The van der Waals surface area contributed by atoms with Crippen molar-refractivity contribution in [2.75, 3.05) is 31.1 Å². The lowest BCUT2D eigenvalue weighted by molar-refractivity contribution is -0.136. The molecule has 0 aromatic carbocycles. The average molecular weight is 365 g/mol. The van der Waals surface area contributed by atoms with Gasteiger partial charge in [0.15, 0.2) is 5.82 Å². The first-order chi connectivity index (χ1) is 13.3. The van der Waals surface area contributed by atoms with Crippen molar-refractivity contribution in [2.45, 2.75) is 44.9 Å². The number of piperazine rings is 1. The van der Waals surface area contributed by atoms with Crippen molar-refractivity contribution in [3.8, 4) is 0 Å². The van der Waals surface area contributed by atoms with Gasteiger partial charge in [0, 0.05) is 50.1 Å². The Kier molecular flexibility index (Phi) is 4.34. The van der Waals surface area contributed by atoms with Crippen molar-refractivity contribution in [3.63, 3.8) is 0 Å². The van der Waals surface area contributed by atoms with Crippen LogP contribution in [0.3, 0.4) is 0 Å². The molecule has 2 aromatic rings. The van der Waals surface area contributed by atoms with E-state index in [0.29, 0.717) is 5.91 Å². The van der Waals surface area contributed by atoms with E-state index in [1.165, 1.54) is 29.6 Å². The molecule has 2 aliphatic carbocycles. The fraction of sp³-hybridized carbons (Fsp3) is 0.571. The summed E-state index contributed by atoms with van der Waals surface area (Å²) in [5, 5.41) is 4.79. The van der Waals surface area contributed by atoms with Gasteiger partial charge in [-0.1, -0.05) is 12.2 Å². The van der Waals surface area contributed by atoms with Crippen LogP contribution < -0.4 is 4.90 Å². The van der Waals surface area contributed by atoms with Crippen molar-refractivity contribution in [1.82, 2.24) is 19.5 Å². The standard InChI is InChI=1S/C21H27N5O/c27-21(16-6-2-1-3-7-16)25-14-12-24(13-15-25)20-19-17-8-4-5-9-18(17)23-26(19)11-10-22-20/h1-2,10-11,16H,3-9,12-15H2/t16-/m1/s1. The maximum atomic E-state index is 12.8. The number of carbonyl (C=O) groups is 1. The van der Waals surface area contributed by atoms with Crippen LogP contribution in [0.2, 0.25) is 0 Å². The van der Waals surface area contributed by atoms with E-state index in [1.54, 1.807) is 0 Å². The lowest BCUT2D eigenvalue weighted by Crippen LogP contribution is -2.50. The third-order valence-corrected chi connectivity index (χ3v) is 6.31. The third-order valence-electron chi connectivity index (χ3n) is 6.31. The molecular formula is C21H27N5O. The molecule has 0 N–H and O–H groups in total. The molecule has 6 heteroatoms. The van der Waals surface area contributed by atoms with Gasteiger partial charge in [0.05, 0.1) is 5.69 Å². The van der Waals surface area contributed by atoms with Crippen LogP contribution in [0.25, 0.3) is 5.52 Å². The molecule has 0 radical (unpaired) electrons.